The highest BCUT2D eigenvalue weighted by molar-refractivity contribution is 7.84. The number of nitrogens with two attached hydrogens (primary N) is 1. The second kappa shape index (κ2) is 7.27. The molecule has 0 radical (unpaired) electrons. The van der Waals surface area contributed by atoms with Crippen LogP contribution in [0.4, 0.5) is 0 Å². The van der Waals surface area contributed by atoms with Crippen LogP contribution in [0.3, 0.4) is 0 Å². The Morgan fingerprint density at radius 3 is 2.06 bits per heavy atom. The van der Waals surface area contributed by atoms with E-state index in [0.29, 0.717) is 11.8 Å². The van der Waals surface area contributed by atoms with Gasteiger partial charge in [0, 0.05) is 5.54 Å². The highest BCUT2D eigenvalue weighted by Gasteiger charge is 2.29. The Morgan fingerprint density at radius 1 is 1.18 bits per heavy atom. The average molecular weight is 255 g/mol. The topological polar surface area (TPSA) is 26.0 Å². The van der Waals surface area contributed by atoms with Crippen molar-refractivity contribution in [3.8, 4) is 0 Å². The van der Waals surface area contributed by atoms with Crippen molar-refractivity contribution in [1.29, 1.82) is 0 Å². The zero-order chi connectivity index (χ0) is 13.6. The minimum absolute atomic E-state index is 0.260. The lowest BCUT2D eigenvalue weighted by molar-refractivity contribution is 0.353. The minimum Gasteiger partial charge on any atom is -0.322 e. The van der Waals surface area contributed by atoms with Gasteiger partial charge in [0.1, 0.15) is 0 Å². The highest BCUT2D eigenvalue weighted by Crippen LogP contribution is 2.31. The van der Waals surface area contributed by atoms with E-state index in [2.05, 4.69) is 53.5 Å². The largest absolute Gasteiger partial charge is 0.322 e. The van der Waals surface area contributed by atoms with Crippen molar-refractivity contribution in [3.63, 3.8) is 0 Å². The summed E-state index contributed by atoms with van der Waals surface area (Å²) in [7, 11) is 0. The lowest BCUT2D eigenvalue weighted by Crippen LogP contribution is -2.43. The fraction of sp³-hybridized carbons (Fsp3) is 0.733. The predicted octanol–water partition coefficient (Wildman–Crippen LogP) is 4.56. The van der Waals surface area contributed by atoms with Crippen LogP contribution in [0.25, 0.3) is 0 Å². The van der Waals surface area contributed by atoms with Crippen molar-refractivity contribution in [2.24, 2.45) is 17.6 Å². The number of hydrogen-bond acceptors (Lipinski definition) is 2. The van der Waals surface area contributed by atoms with E-state index in [1.165, 1.54) is 5.57 Å². The normalized spacial score (nSPS) is 15.1. The zero-order valence-electron chi connectivity index (χ0n) is 11.9. The Balaban J connectivity index is 4.69. The third-order valence-corrected chi connectivity index (χ3v) is 3.21. The Bertz CT molecular complexity index is 268. The van der Waals surface area contributed by atoms with Gasteiger partial charge < -0.3 is 5.73 Å². The van der Waals surface area contributed by atoms with Crippen molar-refractivity contribution in [1.82, 2.24) is 0 Å². The van der Waals surface area contributed by atoms with Crippen LogP contribution in [-0.2, 0) is 0 Å². The van der Waals surface area contributed by atoms with E-state index in [9.17, 15) is 0 Å². The molecule has 0 saturated carbocycles. The van der Waals surface area contributed by atoms with Gasteiger partial charge in [-0.05, 0) is 42.4 Å². The van der Waals surface area contributed by atoms with E-state index in [-0.39, 0.29) is 5.54 Å². The summed E-state index contributed by atoms with van der Waals surface area (Å²) in [5, 5.41) is 0. The molecule has 0 heterocycles. The van der Waals surface area contributed by atoms with Crippen molar-refractivity contribution < 1.29 is 0 Å². The molecule has 0 aromatic rings. The summed E-state index contributed by atoms with van der Waals surface area (Å²) < 4.78 is 0. The van der Waals surface area contributed by atoms with Crippen molar-refractivity contribution in [2.75, 3.05) is 0 Å². The van der Waals surface area contributed by atoms with Crippen LogP contribution in [0.5, 0.6) is 0 Å². The van der Waals surface area contributed by atoms with E-state index < -0.39 is 0 Å². The molecule has 0 saturated heterocycles. The molecule has 1 atom stereocenters. The first kappa shape index (κ1) is 16.8. The van der Waals surface area contributed by atoms with Crippen LogP contribution in [0.2, 0.25) is 0 Å². The van der Waals surface area contributed by atoms with E-state index in [4.69, 9.17) is 5.73 Å². The molecule has 0 aliphatic carbocycles. The van der Waals surface area contributed by atoms with Crippen molar-refractivity contribution in [2.45, 2.75) is 58.9 Å². The molecule has 0 aliphatic rings. The number of allylic oxidation sites excluding steroid dienone is 1. The first-order valence-electron chi connectivity index (χ1n) is 6.51. The Labute approximate surface area is 113 Å². The number of rotatable bonds is 8. The van der Waals surface area contributed by atoms with Crippen LogP contribution >= 0.6 is 12.6 Å². The molecule has 1 nitrogen and oxygen atoms in total. The monoisotopic (exact) mass is 255 g/mol. The molecule has 0 fully saturated rings. The van der Waals surface area contributed by atoms with Gasteiger partial charge in [0.15, 0.2) is 0 Å². The third-order valence-electron chi connectivity index (χ3n) is 2.99. The fourth-order valence-corrected chi connectivity index (χ4v) is 2.33. The maximum absolute atomic E-state index is 6.56. The van der Waals surface area contributed by atoms with Gasteiger partial charge >= 0.3 is 0 Å². The summed E-state index contributed by atoms with van der Waals surface area (Å²) in [6.07, 6.45) is 3.75. The minimum atomic E-state index is -0.260. The van der Waals surface area contributed by atoms with Crippen LogP contribution in [0.15, 0.2) is 23.6 Å². The highest BCUT2D eigenvalue weighted by atomic mass is 32.1. The molecule has 100 valence electrons. The van der Waals surface area contributed by atoms with Gasteiger partial charge in [0.25, 0.3) is 0 Å². The summed E-state index contributed by atoms with van der Waals surface area (Å²) in [6, 6.07) is 0. The SMILES string of the molecule is C=C(S)CCC(N)(CC(C)C)C(=C)CC(C)C. The van der Waals surface area contributed by atoms with Gasteiger partial charge in [-0.1, -0.05) is 46.4 Å². The van der Waals surface area contributed by atoms with Gasteiger partial charge in [0.2, 0.25) is 0 Å². The van der Waals surface area contributed by atoms with E-state index >= 15 is 0 Å². The fourth-order valence-electron chi connectivity index (χ4n) is 2.22. The molecule has 0 rings (SSSR count). The third kappa shape index (κ3) is 6.95. The molecule has 0 bridgehead atoms. The summed E-state index contributed by atoms with van der Waals surface area (Å²) in [6.45, 7) is 16.9. The summed E-state index contributed by atoms with van der Waals surface area (Å²) >= 11 is 4.26. The van der Waals surface area contributed by atoms with E-state index in [0.717, 1.165) is 30.6 Å². The second-order valence-corrected chi connectivity index (χ2v) is 6.65. The van der Waals surface area contributed by atoms with Gasteiger partial charge in [-0.2, -0.15) is 0 Å². The molecule has 0 aromatic heterocycles. The summed E-state index contributed by atoms with van der Waals surface area (Å²) in [4.78, 5) is 0.904. The Hall–Kier alpha value is -0.210. The van der Waals surface area contributed by atoms with Gasteiger partial charge in [0.05, 0.1) is 0 Å². The maximum atomic E-state index is 6.56. The standard InChI is InChI=1S/C15H29NS/c1-11(2)9-13(5)15(16,10-12(3)4)8-7-14(6)17/h11-12,17H,5-10,16H2,1-4H3. The Morgan fingerprint density at radius 2 is 1.71 bits per heavy atom. The smallest absolute Gasteiger partial charge is 0.0372 e. The van der Waals surface area contributed by atoms with Crippen LogP contribution in [0, 0.1) is 11.8 Å². The predicted molar refractivity (Wildman–Crippen MR) is 82.3 cm³/mol. The lowest BCUT2D eigenvalue weighted by atomic mass is 9.77. The summed E-state index contributed by atoms with van der Waals surface area (Å²) in [5.41, 5.74) is 7.48. The molecule has 0 aromatic carbocycles. The van der Waals surface area contributed by atoms with Gasteiger partial charge in [-0.3, -0.25) is 0 Å². The molecule has 2 heteroatoms. The molecule has 1 unspecified atom stereocenters. The van der Waals surface area contributed by atoms with E-state index in [1.807, 2.05) is 0 Å². The van der Waals surface area contributed by atoms with Crippen molar-refractivity contribution in [3.05, 3.63) is 23.6 Å². The molecule has 2 N–H and O–H groups in total. The van der Waals surface area contributed by atoms with Crippen LogP contribution in [0.1, 0.15) is 53.4 Å². The average Bonchev–Trinajstić information content (AvgIpc) is 2.12. The van der Waals surface area contributed by atoms with Crippen molar-refractivity contribution >= 4 is 12.6 Å². The lowest BCUT2D eigenvalue weighted by Gasteiger charge is -2.34. The van der Waals surface area contributed by atoms with Gasteiger partial charge in [-0.15, -0.1) is 12.6 Å². The first-order chi connectivity index (χ1) is 7.67. The first-order valence-corrected chi connectivity index (χ1v) is 6.96. The molecular formula is C15H29NS. The molecule has 0 spiro atoms. The quantitative estimate of drug-likeness (QED) is 0.483. The van der Waals surface area contributed by atoms with Crippen LogP contribution < -0.4 is 5.73 Å². The number of thiol groups is 1. The van der Waals surface area contributed by atoms with Crippen LogP contribution in [-0.4, -0.2) is 5.54 Å². The molecular weight excluding hydrogens is 226 g/mol. The Kier molecular flexibility index (Phi) is 7.18. The van der Waals surface area contributed by atoms with E-state index in [1.54, 1.807) is 0 Å². The molecule has 0 amide bonds. The van der Waals surface area contributed by atoms with Gasteiger partial charge in [-0.25, -0.2) is 0 Å². The number of hydrogen-bond donors (Lipinski definition) is 2. The second-order valence-electron chi connectivity index (χ2n) is 6.02. The maximum Gasteiger partial charge on any atom is 0.0372 e. The summed E-state index contributed by atoms with van der Waals surface area (Å²) in [5.74, 6) is 1.19. The zero-order valence-corrected chi connectivity index (χ0v) is 12.8. The molecule has 17 heavy (non-hydrogen) atoms. The molecule has 0 aliphatic heterocycles.